The van der Waals surface area contributed by atoms with Gasteiger partial charge in [-0.25, -0.2) is 9.59 Å². The second-order valence-electron chi connectivity index (χ2n) is 16.0. The van der Waals surface area contributed by atoms with Crippen molar-refractivity contribution in [2.75, 3.05) is 26.2 Å². The van der Waals surface area contributed by atoms with Crippen molar-refractivity contribution in [1.29, 1.82) is 0 Å². The quantitative estimate of drug-likeness (QED) is 0.138. The molecular weight excluding hydrogens is 748 g/mol. The van der Waals surface area contributed by atoms with E-state index < -0.39 is 22.5 Å². The molecule has 0 aliphatic carbocycles. The minimum atomic E-state index is -5.08. The molecule has 6 rings (SSSR count). The summed E-state index contributed by atoms with van der Waals surface area (Å²) in [5, 5.41) is 11.3. The van der Waals surface area contributed by atoms with Crippen LogP contribution in [0.4, 0.5) is 18.0 Å². The van der Waals surface area contributed by atoms with E-state index in [1.54, 1.807) is 0 Å². The van der Waals surface area contributed by atoms with Crippen molar-refractivity contribution in [3.05, 3.63) is 143 Å². The van der Waals surface area contributed by atoms with Crippen molar-refractivity contribution >= 4 is 23.8 Å². The van der Waals surface area contributed by atoms with E-state index in [0.29, 0.717) is 18.5 Å². The smallest absolute Gasteiger partial charge is 0.475 e. The molecule has 0 aromatic heterocycles. The number of fused-ring (bicyclic) bond motifs is 1. The van der Waals surface area contributed by atoms with E-state index in [2.05, 4.69) is 139 Å². The zero-order valence-electron chi connectivity index (χ0n) is 33.5. The highest BCUT2D eigenvalue weighted by Gasteiger charge is 2.45. The van der Waals surface area contributed by atoms with E-state index in [0.717, 1.165) is 45.4 Å². The van der Waals surface area contributed by atoms with Gasteiger partial charge in [-0.1, -0.05) is 136 Å². The number of hydrogen-bond acceptors (Lipinski definition) is 6. The monoisotopic (exact) mass is 803 g/mol. The van der Waals surface area contributed by atoms with Crippen molar-refractivity contribution in [3.8, 4) is 0 Å². The average Bonchev–Trinajstić information content (AvgIpc) is 3.61. The second kappa shape index (κ2) is 19.4. The highest BCUT2D eigenvalue weighted by Crippen LogP contribution is 2.52. The molecule has 1 amide bonds. The molecule has 7 nitrogen and oxygen atoms in total. The average molecular weight is 804 g/mol. The fourth-order valence-corrected chi connectivity index (χ4v) is 9.55. The lowest BCUT2D eigenvalue weighted by molar-refractivity contribution is -0.192. The van der Waals surface area contributed by atoms with Crippen LogP contribution >= 0.6 is 11.8 Å². The molecule has 1 fully saturated rings. The fourth-order valence-electron chi connectivity index (χ4n) is 7.68. The number of carbonyl (C=O) groups excluding carboxylic acids is 1. The number of hydrogen-bond donors (Lipinski definition) is 2. The number of alkyl halides is 3. The first-order chi connectivity index (χ1) is 27.1. The molecule has 0 saturated carbocycles. The Kier molecular flexibility index (Phi) is 14.9. The number of carboxylic acids is 1. The molecule has 2 aliphatic heterocycles. The van der Waals surface area contributed by atoms with E-state index in [-0.39, 0.29) is 17.4 Å². The van der Waals surface area contributed by atoms with Gasteiger partial charge in [0.2, 0.25) is 0 Å². The lowest BCUT2D eigenvalue weighted by atomic mass is 9.84. The van der Waals surface area contributed by atoms with Crippen LogP contribution in [0.2, 0.25) is 0 Å². The summed E-state index contributed by atoms with van der Waals surface area (Å²) in [6.45, 7) is 15.0. The van der Waals surface area contributed by atoms with Crippen LogP contribution in [-0.4, -0.2) is 82.3 Å². The molecule has 306 valence electrons. The Balaban J connectivity index is 0.000000811. The third-order valence-electron chi connectivity index (χ3n) is 10.7. The lowest BCUT2D eigenvalue weighted by Gasteiger charge is -2.37. The van der Waals surface area contributed by atoms with Crippen molar-refractivity contribution < 1.29 is 32.6 Å². The zero-order valence-corrected chi connectivity index (χ0v) is 34.4. The number of likely N-dealkylation sites (tertiary alicyclic amines) is 1. The number of carbonyl (C=O) groups is 2. The molecule has 2 aliphatic rings. The van der Waals surface area contributed by atoms with Gasteiger partial charge in [-0.3, -0.25) is 4.90 Å². The molecule has 2 N–H and O–H groups in total. The molecule has 1 unspecified atom stereocenters. The number of rotatable bonds is 12. The van der Waals surface area contributed by atoms with Crippen LogP contribution in [0.3, 0.4) is 0 Å². The molecule has 11 heteroatoms. The maximum absolute atomic E-state index is 13.9. The predicted octanol–water partition coefficient (Wildman–Crippen LogP) is 9.79. The Morgan fingerprint density at radius 1 is 0.842 bits per heavy atom. The third-order valence-corrected chi connectivity index (χ3v) is 12.5. The molecule has 4 atom stereocenters. The summed E-state index contributed by atoms with van der Waals surface area (Å²) < 4.78 is 37.3. The summed E-state index contributed by atoms with van der Waals surface area (Å²) in [5.74, 6) is -2.25. The third kappa shape index (κ3) is 11.6. The number of halogens is 3. The molecule has 2 heterocycles. The first-order valence-corrected chi connectivity index (χ1v) is 20.6. The highest BCUT2D eigenvalue weighted by molar-refractivity contribution is 8.01. The number of nitrogens with one attached hydrogen (secondary N) is 1. The van der Waals surface area contributed by atoms with E-state index in [4.69, 9.17) is 14.6 Å². The SMILES string of the molecule is CCC(C)[C@@H](CN1CCc2ccccc2C1)NC[C@@H]1C[C@H](SC(c2ccccc2)(c2ccccc2)c2ccccc2)CN1C(=O)OC(C)(C)C.O=C(O)C(F)(F)F. The summed E-state index contributed by atoms with van der Waals surface area (Å²) in [5.41, 5.74) is 6.10. The number of amides is 1. The molecule has 0 bridgehead atoms. The van der Waals surface area contributed by atoms with Gasteiger partial charge >= 0.3 is 18.2 Å². The number of aliphatic carboxylic acids is 1. The number of carboxylic acid groups (broad SMARTS) is 1. The van der Waals surface area contributed by atoms with Crippen LogP contribution in [-0.2, 0) is 27.2 Å². The van der Waals surface area contributed by atoms with Gasteiger partial charge in [0.25, 0.3) is 0 Å². The van der Waals surface area contributed by atoms with Crippen LogP contribution in [0.25, 0.3) is 0 Å². The van der Waals surface area contributed by atoms with Crippen LogP contribution < -0.4 is 5.32 Å². The maximum atomic E-state index is 13.9. The fraction of sp³-hybridized carbons (Fsp3) is 0.435. The van der Waals surface area contributed by atoms with Crippen molar-refractivity contribution in [2.45, 2.75) is 94.3 Å². The van der Waals surface area contributed by atoms with E-state index in [1.165, 1.54) is 27.8 Å². The first kappa shape index (κ1) is 43.8. The minimum absolute atomic E-state index is 0.0241. The van der Waals surface area contributed by atoms with Crippen LogP contribution in [0.15, 0.2) is 115 Å². The lowest BCUT2D eigenvalue weighted by Crippen LogP contribution is -2.51. The zero-order chi connectivity index (χ0) is 41.2. The normalized spacial score (nSPS) is 18.5. The number of thioether (sulfide) groups is 1. The van der Waals surface area contributed by atoms with E-state index >= 15 is 0 Å². The number of ether oxygens (including phenoxy) is 1. The minimum Gasteiger partial charge on any atom is -0.475 e. The Bertz CT molecular complexity index is 1780. The number of nitrogens with zero attached hydrogens (tertiary/aromatic N) is 2. The molecular formula is C46H56F3N3O4S. The molecule has 0 spiro atoms. The van der Waals surface area contributed by atoms with Crippen LogP contribution in [0.5, 0.6) is 0 Å². The second-order valence-corrected chi connectivity index (χ2v) is 17.5. The van der Waals surface area contributed by atoms with Gasteiger partial charge in [0.1, 0.15) is 5.60 Å². The van der Waals surface area contributed by atoms with Crippen LogP contribution in [0.1, 0.15) is 75.3 Å². The van der Waals surface area contributed by atoms with Gasteiger partial charge in [0, 0.05) is 50.1 Å². The Morgan fingerprint density at radius 3 is 1.81 bits per heavy atom. The first-order valence-electron chi connectivity index (χ1n) is 19.8. The summed E-state index contributed by atoms with van der Waals surface area (Å²) in [6, 6.07) is 41.9. The Labute approximate surface area is 340 Å². The molecule has 0 radical (unpaired) electrons. The van der Waals surface area contributed by atoms with Gasteiger partial charge in [-0.15, -0.1) is 11.8 Å². The topological polar surface area (TPSA) is 82.1 Å². The van der Waals surface area contributed by atoms with E-state index in [9.17, 15) is 18.0 Å². The predicted molar refractivity (Wildman–Crippen MR) is 222 cm³/mol. The summed E-state index contributed by atoms with van der Waals surface area (Å²) in [6.07, 6.45) is -2.21. The van der Waals surface area contributed by atoms with Gasteiger partial charge in [0.15, 0.2) is 0 Å². The number of benzene rings is 4. The Hall–Kier alpha value is -4.32. The van der Waals surface area contributed by atoms with Gasteiger partial charge in [0.05, 0.1) is 4.75 Å². The van der Waals surface area contributed by atoms with Crippen LogP contribution in [0, 0.1) is 5.92 Å². The molecule has 57 heavy (non-hydrogen) atoms. The van der Waals surface area contributed by atoms with Crippen molar-refractivity contribution in [1.82, 2.24) is 15.1 Å². The molecule has 1 saturated heterocycles. The largest absolute Gasteiger partial charge is 0.490 e. The van der Waals surface area contributed by atoms with Gasteiger partial charge in [-0.05, 0) is 67.3 Å². The van der Waals surface area contributed by atoms with Gasteiger partial charge in [-0.2, -0.15) is 13.2 Å². The van der Waals surface area contributed by atoms with E-state index in [1.807, 2.05) is 37.4 Å². The standard InChI is InChI=1S/C44H55N3O2S.C2HF3O2/c1-6-33(2)41(32-46-27-26-34-18-16-17-19-35(34)30-46)45-29-39-28-40(31-47(39)42(48)49-43(3,4)5)50-44(36-20-10-7-11-21-36,37-22-12-8-13-23-37)38-24-14-9-15-25-38;3-2(4,5)1(6)7/h7-25,33,39-41,45H,6,26-32H2,1-5H3;(H,6,7)/t33?,39-,40-,41+;/m0./s1. The highest BCUT2D eigenvalue weighted by atomic mass is 32.2. The summed E-state index contributed by atoms with van der Waals surface area (Å²) in [4.78, 5) is 27.4. The molecule has 4 aromatic carbocycles. The van der Waals surface area contributed by atoms with Crippen molar-refractivity contribution in [3.63, 3.8) is 0 Å². The summed E-state index contributed by atoms with van der Waals surface area (Å²) >= 11 is 1.98. The van der Waals surface area contributed by atoms with Gasteiger partial charge < -0.3 is 20.1 Å². The van der Waals surface area contributed by atoms with Crippen molar-refractivity contribution in [2.24, 2.45) is 5.92 Å². The Morgan fingerprint density at radius 2 is 1.33 bits per heavy atom. The molecule has 4 aromatic rings. The summed E-state index contributed by atoms with van der Waals surface area (Å²) in [7, 11) is 0. The maximum Gasteiger partial charge on any atom is 0.490 e.